The summed E-state index contributed by atoms with van der Waals surface area (Å²) >= 11 is 0. The molecular weight excluding hydrogens is 378 g/mol. The topological polar surface area (TPSA) is 73.2 Å². The highest BCUT2D eigenvalue weighted by atomic mass is 16.5. The third kappa shape index (κ3) is 4.53. The van der Waals surface area contributed by atoms with E-state index in [1.807, 2.05) is 43.3 Å². The molecule has 0 aliphatic rings. The van der Waals surface area contributed by atoms with Crippen molar-refractivity contribution >= 4 is 22.6 Å². The molecule has 2 heterocycles. The van der Waals surface area contributed by atoms with E-state index in [1.54, 1.807) is 17.9 Å². The summed E-state index contributed by atoms with van der Waals surface area (Å²) in [5, 5.41) is 3.74. The van der Waals surface area contributed by atoms with Crippen molar-refractivity contribution < 1.29 is 9.53 Å². The first-order chi connectivity index (χ1) is 14.6. The zero-order chi connectivity index (χ0) is 21.5. The second kappa shape index (κ2) is 10.1. The van der Waals surface area contributed by atoms with E-state index >= 15 is 0 Å². The van der Waals surface area contributed by atoms with Gasteiger partial charge in [0.15, 0.2) is 0 Å². The van der Waals surface area contributed by atoms with Gasteiger partial charge >= 0.3 is 0 Å². The van der Waals surface area contributed by atoms with Crippen molar-refractivity contribution in [2.45, 2.75) is 52.5 Å². The fourth-order valence-electron chi connectivity index (χ4n) is 3.54. The number of carbonyl (C=O) groups is 1. The molecule has 0 atom stereocenters. The van der Waals surface area contributed by atoms with Crippen molar-refractivity contribution in [1.29, 1.82) is 0 Å². The van der Waals surface area contributed by atoms with E-state index in [0.29, 0.717) is 35.6 Å². The summed E-state index contributed by atoms with van der Waals surface area (Å²) in [7, 11) is 1.61. The van der Waals surface area contributed by atoms with Crippen molar-refractivity contribution in [3.05, 3.63) is 52.9 Å². The molecule has 0 spiro atoms. The van der Waals surface area contributed by atoms with Gasteiger partial charge in [0.1, 0.15) is 17.1 Å². The molecule has 0 unspecified atom stereocenters. The van der Waals surface area contributed by atoms with E-state index in [0.717, 1.165) is 36.6 Å². The number of aryl methyl sites for hydroxylation is 1. The van der Waals surface area contributed by atoms with Crippen molar-refractivity contribution in [3.63, 3.8) is 0 Å². The molecule has 0 radical (unpaired) electrons. The molecular formula is C24H29N3O3. The van der Waals surface area contributed by atoms with Gasteiger partial charge in [-0.25, -0.2) is 4.98 Å². The average Bonchev–Trinajstić information content (AvgIpc) is 2.77. The number of nitrogens with zero attached hydrogens (tertiary/aromatic N) is 2. The lowest BCUT2D eigenvalue weighted by Crippen LogP contribution is -2.28. The molecule has 30 heavy (non-hydrogen) atoms. The number of aromatic nitrogens is 2. The monoisotopic (exact) mass is 407 g/mol. The molecule has 6 nitrogen and oxygen atoms in total. The van der Waals surface area contributed by atoms with Gasteiger partial charge in [-0.1, -0.05) is 38.8 Å². The lowest BCUT2D eigenvalue weighted by molar-refractivity contribution is -0.116. The number of amides is 1. The summed E-state index contributed by atoms with van der Waals surface area (Å²) in [6.07, 6.45) is 5.58. The Hall–Kier alpha value is -3.15. The molecule has 0 aliphatic heterocycles. The minimum absolute atomic E-state index is 0.150. The number of pyridine rings is 2. The molecule has 0 bridgehead atoms. The number of fused-ring (bicyclic) bond motifs is 1. The first-order valence-corrected chi connectivity index (χ1v) is 10.6. The number of hydrogen-bond donors (Lipinski definition) is 1. The Bertz CT molecular complexity index is 1090. The number of ether oxygens (including phenoxy) is 1. The van der Waals surface area contributed by atoms with Crippen LogP contribution in [0.2, 0.25) is 0 Å². The number of nitrogens with one attached hydrogen (secondary N) is 1. The van der Waals surface area contributed by atoms with Gasteiger partial charge in [-0.15, -0.1) is 0 Å². The number of anilines is 1. The lowest BCUT2D eigenvalue weighted by atomic mass is 10.00. The molecule has 3 rings (SSSR count). The Kier molecular flexibility index (Phi) is 7.22. The van der Waals surface area contributed by atoms with Crippen molar-refractivity contribution in [2.75, 3.05) is 12.4 Å². The Balaban J connectivity index is 2.29. The molecule has 6 heteroatoms. The first-order valence-electron chi connectivity index (χ1n) is 10.6. The van der Waals surface area contributed by atoms with Crippen LogP contribution in [0.25, 0.3) is 22.2 Å². The summed E-state index contributed by atoms with van der Waals surface area (Å²) < 4.78 is 7.06. The predicted molar refractivity (Wildman–Crippen MR) is 121 cm³/mol. The van der Waals surface area contributed by atoms with Crippen LogP contribution in [0.3, 0.4) is 0 Å². The van der Waals surface area contributed by atoms with Crippen molar-refractivity contribution in [3.8, 4) is 16.9 Å². The van der Waals surface area contributed by atoms with Gasteiger partial charge in [-0.3, -0.25) is 14.2 Å². The van der Waals surface area contributed by atoms with Crippen LogP contribution in [-0.4, -0.2) is 22.6 Å². The van der Waals surface area contributed by atoms with Crippen LogP contribution in [0.4, 0.5) is 5.69 Å². The second-order valence-electron chi connectivity index (χ2n) is 7.32. The Morgan fingerprint density at radius 1 is 1.13 bits per heavy atom. The number of hydrogen-bond acceptors (Lipinski definition) is 4. The number of benzene rings is 1. The Labute approximate surface area is 176 Å². The van der Waals surface area contributed by atoms with E-state index in [2.05, 4.69) is 17.2 Å². The third-order valence-corrected chi connectivity index (χ3v) is 5.14. The van der Waals surface area contributed by atoms with Crippen LogP contribution >= 0.6 is 0 Å². The fourth-order valence-corrected chi connectivity index (χ4v) is 3.54. The number of carbonyl (C=O) groups excluding carboxylic acids is 1. The van der Waals surface area contributed by atoms with Crippen LogP contribution < -0.4 is 15.6 Å². The maximum absolute atomic E-state index is 13.5. The van der Waals surface area contributed by atoms with Gasteiger partial charge in [0, 0.05) is 30.1 Å². The van der Waals surface area contributed by atoms with E-state index in [-0.39, 0.29) is 11.5 Å². The van der Waals surface area contributed by atoms with Crippen LogP contribution in [0.1, 0.15) is 46.0 Å². The quantitative estimate of drug-likeness (QED) is 0.542. The third-order valence-electron chi connectivity index (χ3n) is 5.14. The average molecular weight is 408 g/mol. The van der Waals surface area contributed by atoms with E-state index < -0.39 is 0 Å². The number of rotatable bonds is 9. The van der Waals surface area contributed by atoms with Gasteiger partial charge in [0.2, 0.25) is 5.91 Å². The molecule has 0 saturated heterocycles. The Morgan fingerprint density at radius 3 is 2.67 bits per heavy atom. The van der Waals surface area contributed by atoms with Crippen LogP contribution in [0.15, 0.2) is 47.4 Å². The molecule has 0 fully saturated rings. The summed E-state index contributed by atoms with van der Waals surface area (Å²) in [6.45, 7) is 4.67. The summed E-state index contributed by atoms with van der Waals surface area (Å²) in [5.41, 5.74) is 2.19. The highest BCUT2D eigenvalue weighted by Gasteiger charge is 2.20. The van der Waals surface area contributed by atoms with Crippen LogP contribution in [0.5, 0.6) is 5.75 Å². The number of unbranched alkanes of at least 4 members (excludes halogenated alkanes) is 2. The molecule has 0 aliphatic carbocycles. The van der Waals surface area contributed by atoms with Gasteiger partial charge in [-0.2, -0.15) is 0 Å². The summed E-state index contributed by atoms with van der Waals surface area (Å²) in [4.78, 5) is 30.6. The minimum atomic E-state index is -0.225. The van der Waals surface area contributed by atoms with Crippen molar-refractivity contribution in [2.24, 2.45) is 0 Å². The molecule has 0 saturated carbocycles. The standard InChI is InChI=1S/C24H29N3O3/c1-4-6-13-20(28)26-22-21(17-10-8-11-18(16-17)30-3)19-12-9-14-25-23(19)27(24(22)29)15-7-5-2/h8-12,14,16H,4-7,13,15H2,1-3H3,(H,26,28). The normalized spacial score (nSPS) is 10.9. The van der Waals surface area contributed by atoms with Crippen LogP contribution in [0, 0.1) is 0 Å². The fraction of sp³-hybridized carbons (Fsp3) is 0.375. The summed E-state index contributed by atoms with van der Waals surface area (Å²) in [6, 6.07) is 11.3. The zero-order valence-electron chi connectivity index (χ0n) is 17.9. The van der Waals surface area contributed by atoms with Gasteiger partial charge < -0.3 is 10.1 Å². The molecule has 158 valence electrons. The van der Waals surface area contributed by atoms with E-state index in [1.165, 1.54) is 0 Å². The molecule has 1 amide bonds. The SMILES string of the molecule is CCCCC(=O)Nc1c(-c2cccc(OC)c2)c2cccnc2n(CCCC)c1=O. The summed E-state index contributed by atoms with van der Waals surface area (Å²) in [5.74, 6) is 0.534. The predicted octanol–water partition coefficient (Wildman–Crippen LogP) is 5.00. The maximum atomic E-state index is 13.5. The zero-order valence-corrected chi connectivity index (χ0v) is 17.9. The van der Waals surface area contributed by atoms with Gasteiger partial charge in [-0.05, 0) is 42.7 Å². The first kappa shape index (κ1) is 21.6. The van der Waals surface area contributed by atoms with Gasteiger partial charge in [0.25, 0.3) is 5.56 Å². The van der Waals surface area contributed by atoms with Crippen molar-refractivity contribution in [1.82, 2.24) is 9.55 Å². The Morgan fingerprint density at radius 2 is 1.93 bits per heavy atom. The highest BCUT2D eigenvalue weighted by molar-refractivity contribution is 6.04. The molecule has 2 aromatic heterocycles. The smallest absolute Gasteiger partial charge is 0.276 e. The minimum Gasteiger partial charge on any atom is -0.497 e. The van der Waals surface area contributed by atoms with Crippen LogP contribution in [-0.2, 0) is 11.3 Å². The number of methoxy groups -OCH3 is 1. The van der Waals surface area contributed by atoms with E-state index in [9.17, 15) is 9.59 Å². The maximum Gasteiger partial charge on any atom is 0.276 e. The van der Waals surface area contributed by atoms with E-state index in [4.69, 9.17) is 4.74 Å². The molecule has 1 N–H and O–H groups in total. The highest BCUT2D eigenvalue weighted by Crippen LogP contribution is 2.34. The molecule has 3 aromatic rings. The lowest BCUT2D eigenvalue weighted by Gasteiger charge is -2.18. The molecule has 1 aromatic carbocycles. The largest absolute Gasteiger partial charge is 0.497 e. The second-order valence-corrected chi connectivity index (χ2v) is 7.32. The van der Waals surface area contributed by atoms with Gasteiger partial charge in [0.05, 0.1) is 7.11 Å².